The Morgan fingerprint density at radius 1 is 1.42 bits per heavy atom. The zero-order valence-corrected chi connectivity index (χ0v) is 12.8. The molecule has 2 fully saturated rings. The summed E-state index contributed by atoms with van der Waals surface area (Å²) in [5, 5.41) is 10.1. The van der Waals surface area contributed by atoms with Crippen LogP contribution in [0.1, 0.15) is 32.6 Å². The largest absolute Gasteiger partial charge is 0.390 e. The molecular formula is C15H21BrO3. The number of rotatable bonds is 4. The first-order valence-corrected chi connectivity index (χ1v) is 7.81. The average molecular weight is 329 g/mol. The summed E-state index contributed by atoms with van der Waals surface area (Å²) in [6.45, 7) is 2.13. The van der Waals surface area contributed by atoms with Gasteiger partial charge in [-0.2, -0.15) is 0 Å². The highest BCUT2D eigenvalue weighted by molar-refractivity contribution is 9.09. The number of allylic oxidation sites excluding steroid dienone is 1. The fourth-order valence-corrected chi connectivity index (χ4v) is 3.68. The second-order valence-electron chi connectivity index (χ2n) is 5.19. The van der Waals surface area contributed by atoms with Crippen LogP contribution in [0.5, 0.6) is 0 Å². The van der Waals surface area contributed by atoms with Gasteiger partial charge in [0, 0.05) is 11.2 Å². The number of terminal acetylenes is 1. The predicted octanol–water partition coefficient (Wildman–Crippen LogP) is 2.42. The van der Waals surface area contributed by atoms with Crippen molar-refractivity contribution in [1.29, 1.82) is 0 Å². The van der Waals surface area contributed by atoms with E-state index >= 15 is 0 Å². The molecule has 0 amide bonds. The van der Waals surface area contributed by atoms with Crippen molar-refractivity contribution in [3.05, 3.63) is 12.2 Å². The van der Waals surface area contributed by atoms with Crippen LogP contribution in [0.4, 0.5) is 0 Å². The van der Waals surface area contributed by atoms with Gasteiger partial charge in [-0.1, -0.05) is 34.9 Å². The number of halogens is 1. The van der Waals surface area contributed by atoms with E-state index in [2.05, 4.69) is 28.8 Å². The Balaban J connectivity index is 1.89. The highest BCUT2D eigenvalue weighted by Gasteiger charge is 2.45. The summed E-state index contributed by atoms with van der Waals surface area (Å²) in [7, 11) is 0. The van der Waals surface area contributed by atoms with E-state index in [1.54, 1.807) is 12.2 Å². The first-order valence-electron chi connectivity index (χ1n) is 6.89. The zero-order chi connectivity index (χ0) is 13.8. The number of hydrogen-bond acceptors (Lipinski definition) is 3. The second kappa shape index (κ2) is 6.90. The molecular weight excluding hydrogens is 308 g/mol. The number of aliphatic hydroxyl groups is 1. The molecule has 6 atom stereocenters. The van der Waals surface area contributed by atoms with E-state index in [4.69, 9.17) is 15.9 Å². The van der Waals surface area contributed by atoms with E-state index in [9.17, 15) is 5.11 Å². The molecule has 6 unspecified atom stereocenters. The molecule has 2 rings (SSSR count). The lowest BCUT2D eigenvalue weighted by Crippen LogP contribution is -2.42. The van der Waals surface area contributed by atoms with E-state index in [1.807, 2.05) is 0 Å². The van der Waals surface area contributed by atoms with Crippen molar-refractivity contribution >= 4 is 15.9 Å². The molecule has 2 aliphatic heterocycles. The van der Waals surface area contributed by atoms with Crippen LogP contribution >= 0.6 is 15.9 Å². The maximum atomic E-state index is 10.1. The Morgan fingerprint density at radius 3 is 2.84 bits per heavy atom. The first-order chi connectivity index (χ1) is 9.15. The number of fused-ring (bicyclic) bond motifs is 1. The molecule has 0 aromatic rings. The van der Waals surface area contributed by atoms with Gasteiger partial charge in [-0.05, 0) is 25.3 Å². The van der Waals surface area contributed by atoms with Crippen molar-refractivity contribution in [2.75, 3.05) is 0 Å². The fourth-order valence-electron chi connectivity index (χ4n) is 2.81. The Kier molecular flexibility index (Phi) is 5.47. The molecule has 2 heterocycles. The summed E-state index contributed by atoms with van der Waals surface area (Å²) in [4.78, 5) is 0.343. The van der Waals surface area contributed by atoms with E-state index in [0.717, 1.165) is 19.3 Å². The standard InChI is InChI=1S/C15H21BrO3/c1-3-5-6-7-11(17)13-9-15-14(19-13)8-10(16)12(4-2)18-15/h1,5-6,10-15,17H,4,7-9H2,2H3. The van der Waals surface area contributed by atoms with Gasteiger partial charge < -0.3 is 14.6 Å². The van der Waals surface area contributed by atoms with E-state index in [0.29, 0.717) is 11.2 Å². The lowest BCUT2D eigenvalue weighted by atomic mass is 9.97. The molecule has 0 aromatic carbocycles. The van der Waals surface area contributed by atoms with Crippen LogP contribution in [0.15, 0.2) is 12.2 Å². The average Bonchev–Trinajstić information content (AvgIpc) is 2.80. The molecule has 3 nitrogen and oxygen atoms in total. The minimum absolute atomic E-state index is 0.100. The van der Waals surface area contributed by atoms with Crippen molar-refractivity contribution in [2.24, 2.45) is 0 Å². The molecule has 0 bridgehead atoms. The summed E-state index contributed by atoms with van der Waals surface area (Å²) in [5.74, 6) is 2.42. The van der Waals surface area contributed by atoms with Crippen molar-refractivity contribution in [3.8, 4) is 12.3 Å². The third-order valence-electron chi connectivity index (χ3n) is 3.86. The number of ether oxygens (including phenoxy) is 2. The molecule has 106 valence electrons. The fraction of sp³-hybridized carbons (Fsp3) is 0.733. The topological polar surface area (TPSA) is 38.7 Å². The van der Waals surface area contributed by atoms with Gasteiger partial charge >= 0.3 is 0 Å². The highest BCUT2D eigenvalue weighted by atomic mass is 79.9. The molecule has 0 aromatic heterocycles. The molecule has 4 heteroatoms. The summed E-state index contributed by atoms with van der Waals surface area (Å²) in [6, 6.07) is 0. The van der Waals surface area contributed by atoms with E-state index in [-0.39, 0.29) is 24.4 Å². The van der Waals surface area contributed by atoms with Crippen molar-refractivity contribution in [1.82, 2.24) is 0 Å². The third kappa shape index (κ3) is 3.61. The Hall–Kier alpha value is -0.340. The molecule has 2 saturated heterocycles. The molecule has 1 N–H and O–H groups in total. The van der Waals surface area contributed by atoms with Gasteiger partial charge in [0.25, 0.3) is 0 Å². The van der Waals surface area contributed by atoms with Crippen molar-refractivity contribution < 1.29 is 14.6 Å². The molecule has 2 aliphatic rings. The Morgan fingerprint density at radius 2 is 2.16 bits per heavy atom. The maximum Gasteiger partial charge on any atom is 0.0867 e. The normalized spacial score (nSPS) is 40.0. The van der Waals surface area contributed by atoms with Gasteiger partial charge in [-0.25, -0.2) is 0 Å². The summed E-state index contributed by atoms with van der Waals surface area (Å²) < 4.78 is 12.0. The van der Waals surface area contributed by atoms with Gasteiger partial charge in [0.2, 0.25) is 0 Å². The molecule has 0 spiro atoms. The van der Waals surface area contributed by atoms with E-state index < -0.39 is 6.10 Å². The van der Waals surface area contributed by atoms with Gasteiger partial charge in [0.05, 0.1) is 30.5 Å². The van der Waals surface area contributed by atoms with Gasteiger partial charge in [0.15, 0.2) is 0 Å². The quantitative estimate of drug-likeness (QED) is 0.636. The minimum atomic E-state index is -0.507. The third-order valence-corrected chi connectivity index (χ3v) is 4.83. The smallest absolute Gasteiger partial charge is 0.0867 e. The lowest BCUT2D eigenvalue weighted by molar-refractivity contribution is -0.102. The summed E-state index contributed by atoms with van der Waals surface area (Å²) in [5.41, 5.74) is 0. The monoisotopic (exact) mass is 328 g/mol. The Labute approximate surface area is 123 Å². The summed E-state index contributed by atoms with van der Waals surface area (Å²) in [6.07, 6.45) is 11.6. The SMILES string of the molecule is C#CC=CCC(O)C1CC2OC(CC)C(Br)CC2O1. The van der Waals surface area contributed by atoms with Gasteiger partial charge in [0.1, 0.15) is 0 Å². The van der Waals surface area contributed by atoms with Crippen LogP contribution in [0.25, 0.3) is 0 Å². The number of aliphatic hydroxyl groups excluding tert-OH is 1. The van der Waals surface area contributed by atoms with Crippen LogP contribution < -0.4 is 0 Å². The maximum absolute atomic E-state index is 10.1. The van der Waals surface area contributed by atoms with Crippen LogP contribution in [0.2, 0.25) is 0 Å². The predicted molar refractivity (Wildman–Crippen MR) is 78.2 cm³/mol. The molecule has 0 aliphatic carbocycles. The minimum Gasteiger partial charge on any atom is -0.390 e. The number of hydrogen-bond donors (Lipinski definition) is 1. The van der Waals surface area contributed by atoms with Gasteiger partial charge in [-0.15, -0.1) is 6.42 Å². The molecule has 19 heavy (non-hydrogen) atoms. The van der Waals surface area contributed by atoms with Gasteiger partial charge in [-0.3, -0.25) is 0 Å². The van der Waals surface area contributed by atoms with Crippen LogP contribution in [0.3, 0.4) is 0 Å². The van der Waals surface area contributed by atoms with E-state index in [1.165, 1.54) is 0 Å². The molecule has 0 saturated carbocycles. The second-order valence-corrected chi connectivity index (χ2v) is 6.37. The highest BCUT2D eigenvalue weighted by Crippen LogP contribution is 2.37. The Bertz CT molecular complexity index is 363. The van der Waals surface area contributed by atoms with Crippen LogP contribution in [-0.2, 0) is 9.47 Å². The first kappa shape index (κ1) is 15.1. The van der Waals surface area contributed by atoms with Crippen molar-refractivity contribution in [3.63, 3.8) is 0 Å². The lowest BCUT2D eigenvalue weighted by Gasteiger charge is -2.34. The molecule has 0 radical (unpaired) electrons. The van der Waals surface area contributed by atoms with Crippen LogP contribution in [-0.4, -0.2) is 40.5 Å². The van der Waals surface area contributed by atoms with Crippen LogP contribution in [0, 0.1) is 12.3 Å². The van der Waals surface area contributed by atoms with Crippen molar-refractivity contribution in [2.45, 2.75) is 68.0 Å². The zero-order valence-electron chi connectivity index (χ0n) is 11.2. The number of alkyl halides is 1. The summed E-state index contributed by atoms with van der Waals surface area (Å²) >= 11 is 3.66.